The lowest BCUT2D eigenvalue weighted by atomic mass is 9.71. The molecule has 1 heterocycles. The third-order valence-electron chi connectivity index (χ3n) is 8.90. The fourth-order valence-electron chi connectivity index (χ4n) is 6.60. The Balaban J connectivity index is 0.000000646. The van der Waals surface area contributed by atoms with Crippen LogP contribution in [0.5, 0.6) is 0 Å². The molecule has 0 spiro atoms. The van der Waals surface area contributed by atoms with Gasteiger partial charge in [-0.25, -0.2) is 9.59 Å². The monoisotopic (exact) mass is 605 g/mol. The van der Waals surface area contributed by atoms with E-state index >= 15 is 0 Å². The van der Waals surface area contributed by atoms with Gasteiger partial charge in [-0.15, -0.1) is 0 Å². The van der Waals surface area contributed by atoms with Gasteiger partial charge in [0.1, 0.15) is 5.54 Å². The van der Waals surface area contributed by atoms with Crippen LogP contribution < -0.4 is 11.5 Å². The number of aryl methyl sites for hydroxylation is 1. The van der Waals surface area contributed by atoms with Gasteiger partial charge in [0, 0.05) is 30.3 Å². The van der Waals surface area contributed by atoms with Crippen LogP contribution >= 0.6 is 0 Å². The summed E-state index contributed by atoms with van der Waals surface area (Å²) in [7, 11) is 0. The standard InChI is InChI=1S/C29H37N3O4.C2HF3O2/c1-17-8-7-11-22(27(34)35)24(17)23-16-32(26(33)21-14-12-19(13-15-21)18(2)30)29(3,28(31)36)25(23)20-9-5-4-6-10-20;3-2(4,5)1(6)7/h4-11,18-19,21,23,25H,12-16,30H2,1-3H3,(H2,31,36)(H,34,35);(H,6,7)/t18?,19-,21-,23?,25-,29+;/m1./s1. The topological polar surface area (TPSA) is 164 Å². The quantitative estimate of drug-likeness (QED) is 0.378. The number of carboxylic acid groups (broad SMARTS) is 2. The number of alkyl halides is 3. The summed E-state index contributed by atoms with van der Waals surface area (Å²) < 4.78 is 31.7. The Bertz CT molecular complexity index is 1340. The maximum Gasteiger partial charge on any atom is 0.490 e. The van der Waals surface area contributed by atoms with Crippen LogP contribution in [0.1, 0.15) is 78.4 Å². The smallest absolute Gasteiger partial charge is 0.478 e. The average Bonchev–Trinajstić information content (AvgIpc) is 3.26. The van der Waals surface area contributed by atoms with E-state index in [0.29, 0.717) is 11.5 Å². The van der Waals surface area contributed by atoms with Gasteiger partial charge in [-0.1, -0.05) is 42.5 Å². The number of aromatic carboxylic acids is 1. The van der Waals surface area contributed by atoms with Crippen LogP contribution in [0.4, 0.5) is 13.2 Å². The molecule has 2 aromatic rings. The van der Waals surface area contributed by atoms with Crippen molar-refractivity contribution in [2.75, 3.05) is 6.54 Å². The summed E-state index contributed by atoms with van der Waals surface area (Å²) >= 11 is 0. The van der Waals surface area contributed by atoms with E-state index in [1.54, 1.807) is 24.0 Å². The molecule has 2 aliphatic rings. The van der Waals surface area contributed by atoms with Crippen LogP contribution in [0.3, 0.4) is 0 Å². The minimum Gasteiger partial charge on any atom is -0.478 e. The van der Waals surface area contributed by atoms with Gasteiger partial charge in [0.15, 0.2) is 0 Å². The molecular formula is C31H38F3N3O6. The number of amides is 2. The van der Waals surface area contributed by atoms with Crippen molar-refractivity contribution in [3.63, 3.8) is 0 Å². The maximum absolute atomic E-state index is 14.0. The first-order valence-electron chi connectivity index (χ1n) is 14.1. The highest BCUT2D eigenvalue weighted by molar-refractivity contribution is 5.94. The molecular weight excluding hydrogens is 567 g/mol. The Hall–Kier alpha value is -3.93. The Morgan fingerprint density at radius 1 is 0.977 bits per heavy atom. The predicted octanol–water partition coefficient (Wildman–Crippen LogP) is 4.43. The minimum absolute atomic E-state index is 0.0756. The molecule has 1 saturated heterocycles. The van der Waals surface area contributed by atoms with Crippen LogP contribution in [0.15, 0.2) is 48.5 Å². The van der Waals surface area contributed by atoms with Crippen LogP contribution in [0, 0.1) is 18.8 Å². The van der Waals surface area contributed by atoms with Crippen molar-refractivity contribution in [2.45, 2.75) is 76.0 Å². The fraction of sp³-hybridized carbons (Fsp3) is 0.484. The van der Waals surface area contributed by atoms with Gasteiger partial charge in [0.2, 0.25) is 11.8 Å². The first-order valence-corrected chi connectivity index (χ1v) is 14.1. The van der Waals surface area contributed by atoms with Crippen molar-refractivity contribution < 1.29 is 42.6 Å². The van der Waals surface area contributed by atoms with Crippen LogP contribution in [0.2, 0.25) is 0 Å². The zero-order chi connectivity index (χ0) is 32.3. The minimum atomic E-state index is -5.08. The molecule has 1 aliphatic carbocycles. The number of benzene rings is 2. The lowest BCUT2D eigenvalue weighted by Gasteiger charge is -2.40. The Morgan fingerprint density at radius 2 is 1.53 bits per heavy atom. The Labute approximate surface area is 248 Å². The van der Waals surface area contributed by atoms with Crippen LogP contribution in [-0.2, 0) is 14.4 Å². The normalized spacial score (nSPS) is 26.2. The number of aliphatic carboxylic acids is 1. The van der Waals surface area contributed by atoms with Gasteiger partial charge in [-0.05, 0) is 75.1 Å². The summed E-state index contributed by atoms with van der Waals surface area (Å²) in [5.74, 6) is -5.14. The summed E-state index contributed by atoms with van der Waals surface area (Å²) in [5.41, 5.74) is 13.4. The summed E-state index contributed by atoms with van der Waals surface area (Å²) in [4.78, 5) is 50.0. The molecule has 0 aromatic heterocycles. The second-order valence-electron chi connectivity index (χ2n) is 11.6. The number of carboxylic acids is 2. The number of hydrogen-bond donors (Lipinski definition) is 4. The third-order valence-corrected chi connectivity index (χ3v) is 8.90. The number of hydrogen-bond acceptors (Lipinski definition) is 5. The molecule has 2 aromatic carbocycles. The zero-order valence-electron chi connectivity index (χ0n) is 24.3. The number of nitrogens with zero attached hydrogens (tertiary/aromatic N) is 1. The molecule has 234 valence electrons. The van der Waals surface area contributed by atoms with Gasteiger partial charge in [-0.3, -0.25) is 9.59 Å². The molecule has 2 amide bonds. The summed E-state index contributed by atoms with van der Waals surface area (Å²) in [5, 5.41) is 17.1. The number of primary amides is 1. The first-order chi connectivity index (χ1) is 20.0. The van der Waals surface area contributed by atoms with Crippen molar-refractivity contribution in [1.29, 1.82) is 0 Å². The molecule has 6 N–H and O–H groups in total. The fourth-order valence-corrected chi connectivity index (χ4v) is 6.60. The van der Waals surface area contributed by atoms with Crippen molar-refractivity contribution in [3.8, 4) is 0 Å². The Kier molecular flexibility index (Phi) is 10.3. The first kappa shape index (κ1) is 33.6. The summed E-state index contributed by atoms with van der Waals surface area (Å²) in [6, 6.07) is 14.8. The molecule has 2 fully saturated rings. The van der Waals surface area contributed by atoms with Crippen molar-refractivity contribution >= 4 is 23.8 Å². The SMILES string of the molecule is Cc1cccc(C(=O)O)c1C1CN(C(=O)[C@H]2CC[C@H](C(C)N)CC2)[C@](C)(C(N)=O)[C@@H]1c1ccccc1.O=C(O)C(F)(F)F. The number of likely N-dealkylation sites (tertiary alicyclic amines) is 1. The number of carbonyl (C=O) groups is 4. The summed E-state index contributed by atoms with van der Waals surface area (Å²) in [6.07, 6.45) is -1.88. The number of halogens is 3. The molecule has 1 saturated carbocycles. The van der Waals surface area contributed by atoms with E-state index in [0.717, 1.165) is 36.8 Å². The highest BCUT2D eigenvalue weighted by atomic mass is 19.4. The molecule has 4 rings (SSSR count). The van der Waals surface area contributed by atoms with Crippen molar-refractivity contribution in [1.82, 2.24) is 4.90 Å². The van der Waals surface area contributed by atoms with Crippen LogP contribution in [0.25, 0.3) is 0 Å². The van der Waals surface area contributed by atoms with E-state index in [1.165, 1.54) is 0 Å². The molecule has 4 atom stereocenters. The lowest BCUT2D eigenvalue weighted by molar-refractivity contribution is -0.192. The van der Waals surface area contributed by atoms with Gasteiger partial charge >= 0.3 is 18.1 Å². The van der Waals surface area contributed by atoms with E-state index in [4.69, 9.17) is 21.4 Å². The lowest BCUT2D eigenvalue weighted by Crippen LogP contribution is -2.58. The zero-order valence-corrected chi connectivity index (χ0v) is 24.3. The second kappa shape index (κ2) is 13.2. The molecule has 9 nitrogen and oxygen atoms in total. The summed E-state index contributed by atoms with van der Waals surface area (Å²) in [6.45, 7) is 5.87. The molecule has 12 heteroatoms. The largest absolute Gasteiger partial charge is 0.490 e. The van der Waals surface area contributed by atoms with E-state index in [-0.39, 0.29) is 30.0 Å². The molecule has 0 radical (unpaired) electrons. The number of rotatable bonds is 6. The van der Waals surface area contributed by atoms with Crippen LogP contribution in [-0.4, -0.2) is 63.2 Å². The highest BCUT2D eigenvalue weighted by Gasteiger charge is 2.58. The van der Waals surface area contributed by atoms with Crippen molar-refractivity contribution in [3.05, 3.63) is 70.8 Å². The van der Waals surface area contributed by atoms with Gasteiger partial charge in [0.05, 0.1) is 5.56 Å². The van der Waals surface area contributed by atoms with E-state index < -0.39 is 41.4 Å². The van der Waals surface area contributed by atoms with E-state index in [1.807, 2.05) is 50.2 Å². The van der Waals surface area contributed by atoms with E-state index in [9.17, 15) is 32.7 Å². The molecule has 2 unspecified atom stereocenters. The third kappa shape index (κ3) is 7.01. The molecule has 43 heavy (non-hydrogen) atoms. The van der Waals surface area contributed by atoms with Gasteiger partial charge in [0.25, 0.3) is 0 Å². The molecule has 1 aliphatic heterocycles. The van der Waals surface area contributed by atoms with E-state index in [2.05, 4.69) is 0 Å². The number of nitrogens with two attached hydrogens (primary N) is 2. The average molecular weight is 606 g/mol. The second-order valence-corrected chi connectivity index (χ2v) is 11.6. The maximum atomic E-state index is 14.0. The van der Waals surface area contributed by atoms with Gasteiger partial charge in [-0.2, -0.15) is 13.2 Å². The molecule has 0 bridgehead atoms. The number of carbonyl (C=O) groups excluding carboxylic acids is 2. The predicted molar refractivity (Wildman–Crippen MR) is 152 cm³/mol. The highest BCUT2D eigenvalue weighted by Crippen LogP contribution is 2.52. The van der Waals surface area contributed by atoms with Crippen molar-refractivity contribution in [2.24, 2.45) is 23.3 Å². The van der Waals surface area contributed by atoms with Gasteiger partial charge < -0.3 is 26.6 Å². The Morgan fingerprint density at radius 3 is 2.00 bits per heavy atom.